The summed E-state index contributed by atoms with van der Waals surface area (Å²) >= 11 is 5.72. The van der Waals surface area contributed by atoms with Gasteiger partial charge in [0.15, 0.2) is 0 Å². The zero-order valence-electron chi connectivity index (χ0n) is 10.5. The Morgan fingerprint density at radius 2 is 2.05 bits per heavy atom. The third-order valence-corrected chi connectivity index (χ3v) is 2.74. The van der Waals surface area contributed by atoms with Gasteiger partial charge in [-0.25, -0.2) is 0 Å². The van der Waals surface area contributed by atoms with E-state index in [0.29, 0.717) is 12.8 Å². The van der Waals surface area contributed by atoms with Crippen LogP contribution < -0.4 is 5.32 Å². The molecule has 1 aromatic rings. The van der Waals surface area contributed by atoms with Gasteiger partial charge in [0.25, 0.3) is 11.6 Å². The number of carboxylic acid groups (broad SMARTS) is 1. The largest absolute Gasteiger partial charge is 0.481 e. The summed E-state index contributed by atoms with van der Waals surface area (Å²) in [6.07, 6.45) is 0.923. The number of unbranched alkanes of at least 4 members (excludes halogenated alkanes) is 1. The number of benzene rings is 1. The molecule has 7 nitrogen and oxygen atoms in total. The summed E-state index contributed by atoms with van der Waals surface area (Å²) in [6.45, 7) is 0.246. The van der Waals surface area contributed by atoms with Gasteiger partial charge in [-0.05, 0) is 25.0 Å². The van der Waals surface area contributed by atoms with Gasteiger partial charge >= 0.3 is 5.97 Å². The first-order valence-electron chi connectivity index (χ1n) is 5.85. The van der Waals surface area contributed by atoms with Crippen LogP contribution in [0.25, 0.3) is 0 Å². The summed E-state index contributed by atoms with van der Waals surface area (Å²) in [4.78, 5) is 32.3. The Bertz CT molecular complexity index is 533. The van der Waals surface area contributed by atoms with Crippen LogP contribution in [-0.4, -0.2) is 28.5 Å². The van der Waals surface area contributed by atoms with Crippen LogP contribution >= 0.6 is 11.6 Å². The Hall–Kier alpha value is -2.15. The second-order valence-electron chi connectivity index (χ2n) is 4.03. The van der Waals surface area contributed by atoms with Crippen LogP contribution in [0.4, 0.5) is 5.69 Å². The van der Waals surface area contributed by atoms with Crippen molar-refractivity contribution in [2.24, 2.45) is 0 Å². The number of nitrogens with one attached hydrogen (secondary N) is 1. The molecule has 0 saturated carbocycles. The molecular formula is C12H13ClN2O5. The minimum absolute atomic E-state index is 0.0210. The Balaban J connectivity index is 2.61. The Morgan fingerprint density at radius 3 is 2.65 bits per heavy atom. The highest BCUT2D eigenvalue weighted by Gasteiger charge is 2.19. The molecule has 0 atom stereocenters. The summed E-state index contributed by atoms with van der Waals surface area (Å²) in [6, 6.07) is 3.73. The average Bonchev–Trinajstić information content (AvgIpc) is 2.37. The van der Waals surface area contributed by atoms with Crippen LogP contribution in [-0.2, 0) is 4.79 Å². The summed E-state index contributed by atoms with van der Waals surface area (Å²) in [5.41, 5.74) is -0.432. The third kappa shape index (κ3) is 4.85. The number of halogens is 1. The Labute approximate surface area is 119 Å². The number of nitro benzene ring substituents is 1. The van der Waals surface area contributed by atoms with E-state index in [9.17, 15) is 19.7 Å². The maximum Gasteiger partial charge on any atom is 0.303 e. The van der Waals surface area contributed by atoms with E-state index in [1.807, 2.05) is 0 Å². The maximum atomic E-state index is 11.8. The first-order valence-corrected chi connectivity index (χ1v) is 6.23. The van der Waals surface area contributed by atoms with E-state index in [0.717, 1.165) is 0 Å². The molecule has 0 aliphatic carbocycles. The lowest BCUT2D eigenvalue weighted by molar-refractivity contribution is -0.385. The molecule has 0 aromatic heterocycles. The Morgan fingerprint density at radius 1 is 1.35 bits per heavy atom. The molecule has 20 heavy (non-hydrogen) atoms. The molecule has 1 rings (SSSR count). The first-order chi connectivity index (χ1) is 9.41. The van der Waals surface area contributed by atoms with Crippen molar-refractivity contribution in [3.05, 3.63) is 38.9 Å². The van der Waals surface area contributed by atoms with Gasteiger partial charge in [0.1, 0.15) is 5.56 Å². The fraction of sp³-hybridized carbons (Fsp3) is 0.333. The van der Waals surface area contributed by atoms with Crippen molar-refractivity contribution < 1.29 is 19.6 Å². The van der Waals surface area contributed by atoms with Gasteiger partial charge in [0.2, 0.25) is 0 Å². The number of nitro groups is 1. The van der Waals surface area contributed by atoms with Gasteiger partial charge in [-0.1, -0.05) is 11.6 Å². The van der Waals surface area contributed by atoms with Gasteiger partial charge in [-0.3, -0.25) is 19.7 Å². The fourth-order valence-electron chi connectivity index (χ4n) is 1.55. The van der Waals surface area contributed by atoms with E-state index in [-0.39, 0.29) is 29.2 Å². The van der Waals surface area contributed by atoms with Crippen LogP contribution in [0.1, 0.15) is 29.6 Å². The zero-order valence-corrected chi connectivity index (χ0v) is 11.2. The molecule has 0 aliphatic heterocycles. The summed E-state index contributed by atoms with van der Waals surface area (Å²) < 4.78 is 0. The average molecular weight is 301 g/mol. The van der Waals surface area contributed by atoms with Crippen LogP contribution in [0.15, 0.2) is 18.2 Å². The zero-order chi connectivity index (χ0) is 15.1. The summed E-state index contributed by atoms with van der Waals surface area (Å²) in [5.74, 6) is -1.50. The molecule has 0 aliphatic rings. The molecule has 2 N–H and O–H groups in total. The molecule has 0 bridgehead atoms. The number of carbonyl (C=O) groups is 2. The Kier molecular flexibility index (Phi) is 5.92. The molecule has 0 heterocycles. The van der Waals surface area contributed by atoms with Gasteiger partial charge in [-0.2, -0.15) is 0 Å². The standard InChI is InChI=1S/C12H13ClN2O5/c13-8-4-5-10(15(19)20)9(7-8)12(18)14-6-2-1-3-11(16)17/h4-5,7H,1-3,6H2,(H,14,18)(H,16,17). The first kappa shape index (κ1) is 15.9. The molecule has 8 heteroatoms. The molecule has 0 spiro atoms. The van der Waals surface area contributed by atoms with Crippen molar-refractivity contribution in [3.63, 3.8) is 0 Å². The molecular weight excluding hydrogens is 288 g/mol. The van der Waals surface area contributed by atoms with Crippen molar-refractivity contribution in [2.45, 2.75) is 19.3 Å². The number of rotatable bonds is 7. The van der Waals surface area contributed by atoms with E-state index in [4.69, 9.17) is 16.7 Å². The molecule has 1 aromatic carbocycles. The minimum atomic E-state index is -0.901. The highest BCUT2D eigenvalue weighted by molar-refractivity contribution is 6.31. The second kappa shape index (κ2) is 7.44. The third-order valence-electron chi connectivity index (χ3n) is 2.50. The van der Waals surface area contributed by atoms with E-state index < -0.39 is 16.8 Å². The lowest BCUT2D eigenvalue weighted by Crippen LogP contribution is -2.25. The molecule has 0 fully saturated rings. The predicted octanol–water partition coefficient (Wildman–Crippen LogP) is 2.23. The number of carbonyl (C=O) groups excluding carboxylic acids is 1. The number of aliphatic carboxylic acids is 1. The van der Waals surface area contributed by atoms with Crippen LogP contribution in [0.2, 0.25) is 5.02 Å². The summed E-state index contributed by atoms with van der Waals surface area (Å²) in [5, 5.41) is 22.0. The SMILES string of the molecule is O=C(O)CCCCNC(=O)c1cc(Cl)ccc1[N+](=O)[O-]. The van der Waals surface area contributed by atoms with Crippen molar-refractivity contribution >= 4 is 29.2 Å². The highest BCUT2D eigenvalue weighted by Crippen LogP contribution is 2.22. The van der Waals surface area contributed by atoms with Crippen LogP contribution in [0.5, 0.6) is 0 Å². The number of hydrogen-bond donors (Lipinski definition) is 2. The van der Waals surface area contributed by atoms with Crippen molar-refractivity contribution in [1.82, 2.24) is 5.32 Å². The van der Waals surface area contributed by atoms with E-state index in [2.05, 4.69) is 5.32 Å². The second-order valence-corrected chi connectivity index (χ2v) is 4.46. The lowest BCUT2D eigenvalue weighted by Gasteiger charge is -2.05. The summed E-state index contributed by atoms with van der Waals surface area (Å²) in [7, 11) is 0. The number of carboxylic acids is 1. The van der Waals surface area contributed by atoms with Gasteiger partial charge in [0.05, 0.1) is 4.92 Å². The van der Waals surface area contributed by atoms with Crippen molar-refractivity contribution in [3.8, 4) is 0 Å². The molecule has 1 amide bonds. The van der Waals surface area contributed by atoms with Crippen LogP contribution in [0, 0.1) is 10.1 Å². The fourth-order valence-corrected chi connectivity index (χ4v) is 1.72. The molecule has 0 unspecified atom stereocenters. The molecule has 0 saturated heterocycles. The number of nitrogens with zero attached hydrogens (tertiary/aromatic N) is 1. The normalized spacial score (nSPS) is 10.1. The van der Waals surface area contributed by atoms with Crippen molar-refractivity contribution in [1.29, 1.82) is 0 Å². The minimum Gasteiger partial charge on any atom is -0.481 e. The molecule has 108 valence electrons. The predicted molar refractivity (Wildman–Crippen MR) is 71.9 cm³/mol. The monoisotopic (exact) mass is 300 g/mol. The van der Waals surface area contributed by atoms with Gasteiger partial charge in [0, 0.05) is 24.1 Å². The van der Waals surface area contributed by atoms with Gasteiger partial charge in [-0.15, -0.1) is 0 Å². The van der Waals surface area contributed by atoms with E-state index in [1.54, 1.807) is 0 Å². The highest BCUT2D eigenvalue weighted by atomic mass is 35.5. The topological polar surface area (TPSA) is 110 Å². The van der Waals surface area contributed by atoms with Crippen molar-refractivity contribution in [2.75, 3.05) is 6.54 Å². The van der Waals surface area contributed by atoms with E-state index in [1.165, 1.54) is 18.2 Å². The quantitative estimate of drug-likeness (QED) is 0.456. The number of hydrogen-bond acceptors (Lipinski definition) is 4. The lowest BCUT2D eigenvalue weighted by atomic mass is 10.1. The smallest absolute Gasteiger partial charge is 0.303 e. The maximum absolute atomic E-state index is 11.8. The molecule has 0 radical (unpaired) electrons. The van der Waals surface area contributed by atoms with Crippen LogP contribution in [0.3, 0.4) is 0 Å². The number of amides is 1. The van der Waals surface area contributed by atoms with E-state index >= 15 is 0 Å². The van der Waals surface area contributed by atoms with Gasteiger partial charge < -0.3 is 10.4 Å².